The summed E-state index contributed by atoms with van der Waals surface area (Å²) in [6.07, 6.45) is 1.81. The molecule has 0 fully saturated rings. The van der Waals surface area contributed by atoms with Crippen LogP contribution in [0.25, 0.3) is 0 Å². The van der Waals surface area contributed by atoms with Gasteiger partial charge in [0.1, 0.15) is 0 Å². The van der Waals surface area contributed by atoms with Crippen molar-refractivity contribution in [3.05, 3.63) is 21.3 Å². The fourth-order valence-electron chi connectivity index (χ4n) is 1.38. The highest BCUT2D eigenvalue weighted by Crippen LogP contribution is 2.32. The summed E-state index contributed by atoms with van der Waals surface area (Å²) in [4.78, 5) is 0.978. The number of halogens is 1. The largest absolute Gasteiger partial charge is 0.387 e. The third kappa shape index (κ3) is 2.97. The number of aliphatic hydroxyl groups is 1. The van der Waals surface area contributed by atoms with Gasteiger partial charge in [-0.05, 0) is 24.5 Å². The summed E-state index contributed by atoms with van der Waals surface area (Å²) in [6.45, 7) is 4.20. The summed E-state index contributed by atoms with van der Waals surface area (Å²) < 4.78 is 0.748. The lowest BCUT2D eigenvalue weighted by atomic mass is 9.98. The minimum absolute atomic E-state index is 0.319. The number of rotatable bonds is 4. The topological polar surface area (TPSA) is 20.2 Å². The lowest BCUT2D eigenvalue weighted by Crippen LogP contribution is -2.06. The Kier molecular flexibility index (Phi) is 4.23. The van der Waals surface area contributed by atoms with E-state index in [1.54, 1.807) is 0 Å². The first-order chi connectivity index (χ1) is 6.15. The van der Waals surface area contributed by atoms with Gasteiger partial charge in [0.2, 0.25) is 0 Å². The Hall–Kier alpha value is -0.0500. The van der Waals surface area contributed by atoms with E-state index in [0.717, 1.165) is 22.1 Å². The fourth-order valence-corrected chi connectivity index (χ4v) is 2.56. The van der Waals surface area contributed by atoms with E-state index >= 15 is 0 Å². The number of hydrogen-bond acceptors (Lipinski definition) is 2. The van der Waals surface area contributed by atoms with E-state index in [1.165, 1.54) is 11.3 Å². The number of aliphatic hydroxyl groups excluding tert-OH is 1. The van der Waals surface area contributed by atoms with Crippen molar-refractivity contribution in [1.29, 1.82) is 0 Å². The quantitative estimate of drug-likeness (QED) is 0.814. The zero-order valence-electron chi connectivity index (χ0n) is 7.96. The molecule has 0 saturated heterocycles. The van der Waals surface area contributed by atoms with E-state index in [0.29, 0.717) is 5.92 Å². The third-order valence-corrected chi connectivity index (χ3v) is 3.47. The minimum Gasteiger partial charge on any atom is -0.387 e. The van der Waals surface area contributed by atoms with Crippen molar-refractivity contribution in [3.63, 3.8) is 0 Å². The van der Waals surface area contributed by atoms with E-state index in [4.69, 9.17) is 11.6 Å². The van der Waals surface area contributed by atoms with Gasteiger partial charge < -0.3 is 5.11 Å². The highest BCUT2D eigenvalue weighted by atomic mass is 35.5. The fraction of sp³-hybridized carbons (Fsp3) is 0.600. The van der Waals surface area contributed by atoms with Crippen molar-refractivity contribution in [3.8, 4) is 0 Å². The smallest absolute Gasteiger partial charge is 0.0932 e. The lowest BCUT2D eigenvalue weighted by Gasteiger charge is -2.16. The molecule has 0 radical (unpaired) electrons. The monoisotopic (exact) mass is 218 g/mol. The van der Waals surface area contributed by atoms with E-state index in [1.807, 2.05) is 12.1 Å². The predicted octanol–water partition coefficient (Wildman–Crippen LogP) is 3.87. The van der Waals surface area contributed by atoms with Gasteiger partial charge in [-0.1, -0.05) is 31.9 Å². The van der Waals surface area contributed by atoms with Gasteiger partial charge in [0.25, 0.3) is 0 Å². The van der Waals surface area contributed by atoms with Crippen molar-refractivity contribution >= 4 is 22.9 Å². The molecule has 1 heterocycles. The molecule has 1 nitrogen and oxygen atoms in total. The molecular formula is C10H15ClOS. The Morgan fingerprint density at radius 1 is 1.54 bits per heavy atom. The van der Waals surface area contributed by atoms with Gasteiger partial charge in [-0.25, -0.2) is 0 Å². The maximum atomic E-state index is 9.89. The van der Waals surface area contributed by atoms with Gasteiger partial charge in [0.05, 0.1) is 10.4 Å². The van der Waals surface area contributed by atoms with Crippen LogP contribution in [-0.4, -0.2) is 5.11 Å². The minimum atomic E-state index is -0.350. The van der Waals surface area contributed by atoms with Gasteiger partial charge in [0, 0.05) is 4.88 Å². The first-order valence-electron chi connectivity index (χ1n) is 4.58. The average molecular weight is 219 g/mol. The zero-order chi connectivity index (χ0) is 9.84. The molecule has 2 atom stereocenters. The standard InChI is InChI=1S/C10H15ClOS/c1-3-4-7(2)10(12)8-5-6-9(11)13-8/h5-7,10,12H,3-4H2,1-2H3. The average Bonchev–Trinajstić information content (AvgIpc) is 2.51. The Morgan fingerprint density at radius 2 is 2.23 bits per heavy atom. The maximum absolute atomic E-state index is 9.89. The Balaban J connectivity index is 2.61. The van der Waals surface area contributed by atoms with Crippen LogP contribution < -0.4 is 0 Å². The molecule has 0 aromatic carbocycles. The molecule has 0 bridgehead atoms. The maximum Gasteiger partial charge on any atom is 0.0932 e. The van der Waals surface area contributed by atoms with Gasteiger partial charge in [-0.3, -0.25) is 0 Å². The van der Waals surface area contributed by atoms with Gasteiger partial charge in [-0.15, -0.1) is 11.3 Å². The third-order valence-electron chi connectivity index (χ3n) is 2.17. The van der Waals surface area contributed by atoms with E-state index in [-0.39, 0.29) is 6.10 Å². The zero-order valence-corrected chi connectivity index (χ0v) is 9.53. The van der Waals surface area contributed by atoms with Crippen molar-refractivity contribution < 1.29 is 5.11 Å². The number of hydrogen-bond donors (Lipinski definition) is 1. The molecule has 13 heavy (non-hydrogen) atoms. The molecule has 0 aliphatic heterocycles. The first-order valence-corrected chi connectivity index (χ1v) is 5.78. The summed E-state index contributed by atoms with van der Waals surface area (Å²) in [7, 11) is 0. The predicted molar refractivity (Wildman–Crippen MR) is 58.4 cm³/mol. The first kappa shape index (κ1) is 11.0. The normalized spacial score (nSPS) is 15.7. The second-order valence-electron chi connectivity index (χ2n) is 3.35. The van der Waals surface area contributed by atoms with Crippen molar-refractivity contribution in [2.24, 2.45) is 5.92 Å². The Labute approximate surface area is 88.4 Å². The summed E-state index contributed by atoms with van der Waals surface area (Å²) in [5, 5.41) is 9.89. The second kappa shape index (κ2) is 4.99. The molecule has 0 aliphatic rings. The Morgan fingerprint density at radius 3 is 2.69 bits per heavy atom. The van der Waals surface area contributed by atoms with Crippen molar-refractivity contribution in [1.82, 2.24) is 0 Å². The van der Waals surface area contributed by atoms with Crippen LogP contribution in [0, 0.1) is 5.92 Å². The highest BCUT2D eigenvalue weighted by Gasteiger charge is 2.16. The van der Waals surface area contributed by atoms with Crippen LogP contribution >= 0.6 is 22.9 Å². The van der Waals surface area contributed by atoms with E-state index < -0.39 is 0 Å². The van der Waals surface area contributed by atoms with Crippen LogP contribution in [0.2, 0.25) is 4.34 Å². The van der Waals surface area contributed by atoms with Gasteiger partial charge in [0.15, 0.2) is 0 Å². The molecule has 1 aromatic heterocycles. The highest BCUT2D eigenvalue weighted by molar-refractivity contribution is 7.16. The molecule has 0 spiro atoms. The summed E-state index contributed by atoms with van der Waals surface area (Å²) in [5.41, 5.74) is 0. The van der Waals surface area contributed by atoms with E-state index in [2.05, 4.69) is 13.8 Å². The molecule has 0 aliphatic carbocycles. The Bertz CT molecular complexity index is 259. The van der Waals surface area contributed by atoms with Gasteiger partial charge in [-0.2, -0.15) is 0 Å². The molecule has 1 N–H and O–H groups in total. The van der Waals surface area contributed by atoms with Crippen LogP contribution in [0.4, 0.5) is 0 Å². The summed E-state index contributed by atoms with van der Waals surface area (Å²) in [6, 6.07) is 3.74. The van der Waals surface area contributed by atoms with Crippen LogP contribution in [0.1, 0.15) is 37.7 Å². The lowest BCUT2D eigenvalue weighted by molar-refractivity contribution is 0.116. The van der Waals surface area contributed by atoms with Crippen molar-refractivity contribution in [2.45, 2.75) is 32.8 Å². The summed E-state index contributed by atoms with van der Waals surface area (Å²) in [5.74, 6) is 0.319. The molecule has 74 valence electrons. The summed E-state index contributed by atoms with van der Waals surface area (Å²) >= 11 is 7.26. The number of thiophene rings is 1. The van der Waals surface area contributed by atoms with Gasteiger partial charge >= 0.3 is 0 Å². The molecule has 1 aromatic rings. The molecule has 3 heteroatoms. The SMILES string of the molecule is CCCC(C)C(O)c1ccc(Cl)s1. The molecular weight excluding hydrogens is 204 g/mol. The second-order valence-corrected chi connectivity index (χ2v) is 5.10. The molecule has 2 unspecified atom stereocenters. The van der Waals surface area contributed by atoms with Crippen molar-refractivity contribution in [2.75, 3.05) is 0 Å². The van der Waals surface area contributed by atoms with Crippen LogP contribution in [0.5, 0.6) is 0 Å². The molecule has 1 rings (SSSR count). The molecule has 0 saturated carbocycles. The van der Waals surface area contributed by atoms with Crippen LogP contribution in [0.15, 0.2) is 12.1 Å². The van der Waals surface area contributed by atoms with Crippen LogP contribution in [-0.2, 0) is 0 Å². The molecule has 0 amide bonds. The van der Waals surface area contributed by atoms with Crippen LogP contribution in [0.3, 0.4) is 0 Å². The van der Waals surface area contributed by atoms with E-state index in [9.17, 15) is 5.11 Å².